The summed E-state index contributed by atoms with van der Waals surface area (Å²) in [6.45, 7) is 1.16. The van der Waals surface area contributed by atoms with Gasteiger partial charge in [-0.3, -0.25) is 9.59 Å². The molecule has 7 heteroatoms. The maximum absolute atomic E-state index is 12.3. The molecule has 1 amide bonds. The predicted molar refractivity (Wildman–Crippen MR) is 106 cm³/mol. The molecule has 7 nitrogen and oxygen atoms in total. The molecule has 29 heavy (non-hydrogen) atoms. The fourth-order valence-corrected chi connectivity index (χ4v) is 2.91. The van der Waals surface area contributed by atoms with Crippen molar-refractivity contribution in [2.45, 2.75) is 19.4 Å². The Morgan fingerprint density at radius 2 is 1.69 bits per heavy atom. The molecule has 1 heterocycles. The van der Waals surface area contributed by atoms with E-state index in [4.69, 9.17) is 18.9 Å². The minimum atomic E-state index is -0.401. The predicted octanol–water partition coefficient (Wildman–Crippen LogP) is 2.60. The van der Waals surface area contributed by atoms with Crippen molar-refractivity contribution in [2.75, 3.05) is 34.0 Å². The number of likely N-dealkylation sites (N-methyl/N-ethyl adjacent to an activating group) is 1. The van der Waals surface area contributed by atoms with Gasteiger partial charge >= 0.3 is 5.97 Å². The lowest BCUT2D eigenvalue weighted by Crippen LogP contribution is -2.31. The Bertz CT molecular complexity index is 849. The van der Waals surface area contributed by atoms with Crippen molar-refractivity contribution in [1.82, 2.24) is 4.90 Å². The van der Waals surface area contributed by atoms with Gasteiger partial charge in [0.15, 0.2) is 18.1 Å². The first kappa shape index (κ1) is 20.5. The van der Waals surface area contributed by atoms with Crippen LogP contribution in [0, 0.1) is 0 Å². The second-order valence-electron chi connectivity index (χ2n) is 6.74. The second kappa shape index (κ2) is 9.82. The van der Waals surface area contributed by atoms with Crippen LogP contribution in [0.3, 0.4) is 0 Å². The highest BCUT2D eigenvalue weighted by Gasteiger charge is 2.15. The van der Waals surface area contributed by atoms with Crippen LogP contribution in [0.1, 0.15) is 17.5 Å². The van der Waals surface area contributed by atoms with E-state index in [2.05, 4.69) is 0 Å². The molecule has 3 rings (SSSR count). The van der Waals surface area contributed by atoms with Gasteiger partial charge in [-0.25, -0.2) is 0 Å². The lowest BCUT2D eigenvalue weighted by Gasteiger charge is -2.21. The number of methoxy groups -OCH3 is 1. The van der Waals surface area contributed by atoms with Crippen LogP contribution >= 0.6 is 0 Å². The van der Waals surface area contributed by atoms with Crippen LogP contribution in [0.4, 0.5) is 0 Å². The molecule has 2 aromatic rings. The zero-order valence-electron chi connectivity index (χ0n) is 16.7. The van der Waals surface area contributed by atoms with Crippen LogP contribution < -0.4 is 14.2 Å². The molecule has 0 spiro atoms. The number of carbonyl (C=O) groups is 2. The van der Waals surface area contributed by atoms with Crippen molar-refractivity contribution in [2.24, 2.45) is 0 Å². The minimum Gasteiger partial charge on any atom is -0.497 e. The topological polar surface area (TPSA) is 74.3 Å². The van der Waals surface area contributed by atoms with Crippen molar-refractivity contribution in [3.63, 3.8) is 0 Å². The quantitative estimate of drug-likeness (QED) is 0.636. The highest BCUT2D eigenvalue weighted by molar-refractivity contribution is 5.80. The van der Waals surface area contributed by atoms with E-state index in [0.717, 1.165) is 16.9 Å². The summed E-state index contributed by atoms with van der Waals surface area (Å²) in [4.78, 5) is 25.7. The normalized spacial score (nSPS) is 12.2. The number of benzene rings is 2. The van der Waals surface area contributed by atoms with Crippen molar-refractivity contribution in [3.05, 3.63) is 53.6 Å². The molecular formula is C22H25NO6. The minimum absolute atomic E-state index is 0.214. The smallest absolute Gasteiger partial charge is 0.306 e. The monoisotopic (exact) mass is 399 g/mol. The Kier molecular flexibility index (Phi) is 6.94. The molecule has 0 bridgehead atoms. The van der Waals surface area contributed by atoms with E-state index in [-0.39, 0.29) is 18.9 Å². The van der Waals surface area contributed by atoms with Crippen molar-refractivity contribution in [1.29, 1.82) is 0 Å². The largest absolute Gasteiger partial charge is 0.497 e. The summed E-state index contributed by atoms with van der Waals surface area (Å²) in [6.07, 6.45) is 0.759. The van der Waals surface area contributed by atoms with Gasteiger partial charge < -0.3 is 23.8 Å². The molecule has 1 aliphatic heterocycles. The van der Waals surface area contributed by atoms with Gasteiger partial charge in [-0.1, -0.05) is 18.2 Å². The Morgan fingerprint density at radius 1 is 1.00 bits per heavy atom. The molecule has 0 saturated carbocycles. The van der Waals surface area contributed by atoms with Crippen molar-refractivity contribution < 1.29 is 28.5 Å². The standard InChI is InChI=1S/C22H25NO6/c1-23(14-17-5-9-19-20(13-17)28-12-11-27-19)21(24)15-29-22(25)10-6-16-3-7-18(26-2)8-4-16/h3-5,7-9,13H,6,10-12,14-15H2,1-2H3. The number of hydrogen-bond donors (Lipinski definition) is 0. The van der Waals surface area contributed by atoms with Gasteiger partial charge in [0.2, 0.25) is 0 Å². The summed E-state index contributed by atoms with van der Waals surface area (Å²) in [5.74, 6) is 1.49. The zero-order chi connectivity index (χ0) is 20.6. The third-order valence-electron chi connectivity index (χ3n) is 4.59. The van der Waals surface area contributed by atoms with Crippen LogP contribution in [0.2, 0.25) is 0 Å². The van der Waals surface area contributed by atoms with Gasteiger partial charge in [-0.2, -0.15) is 0 Å². The van der Waals surface area contributed by atoms with Crippen molar-refractivity contribution >= 4 is 11.9 Å². The summed E-state index contributed by atoms with van der Waals surface area (Å²) in [7, 11) is 3.28. The fraction of sp³-hybridized carbons (Fsp3) is 0.364. The first-order valence-electron chi connectivity index (χ1n) is 9.46. The van der Waals surface area contributed by atoms with E-state index >= 15 is 0 Å². The molecule has 0 unspecified atom stereocenters. The number of amides is 1. The van der Waals surface area contributed by atoms with E-state index in [1.807, 2.05) is 42.5 Å². The first-order chi connectivity index (χ1) is 14.0. The molecule has 0 fully saturated rings. The lowest BCUT2D eigenvalue weighted by atomic mass is 10.1. The molecule has 1 aliphatic rings. The number of aryl methyl sites for hydroxylation is 1. The third kappa shape index (κ3) is 5.88. The van der Waals surface area contributed by atoms with E-state index in [1.54, 1.807) is 14.2 Å². The summed E-state index contributed by atoms with van der Waals surface area (Å²) in [6, 6.07) is 13.1. The zero-order valence-corrected chi connectivity index (χ0v) is 16.7. The van der Waals surface area contributed by atoms with Crippen LogP contribution in [-0.4, -0.2) is 50.8 Å². The van der Waals surface area contributed by atoms with Crippen LogP contribution in [-0.2, 0) is 27.3 Å². The van der Waals surface area contributed by atoms with Gasteiger partial charge in [-0.15, -0.1) is 0 Å². The molecule has 2 aromatic carbocycles. The maximum atomic E-state index is 12.3. The Labute approximate surface area is 170 Å². The Balaban J connectivity index is 1.41. The molecular weight excluding hydrogens is 374 g/mol. The summed E-state index contributed by atoms with van der Waals surface area (Å²) in [5, 5.41) is 0. The molecule has 0 aliphatic carbocycles. The molecule has 0 radical (unpaired) electrons. The first-order valence-corrected chi connectivity index (χ1v) is 9.46. The van der Waals surface area contributed by atoms with Gasteiger partial charge in [0.1, 0.15) is 19.0 Å². The highest BCUT2D eigenvalue weighted by Crippen LogP contribution is 2.31. The SMILES string of the molecule is COc1ccc(CCC(=O)OCC(=O)N(C)Cc2ccc3c(c2)OCCO3)cc1. The van der Waals surface area contributed by atoms with Crippen LogP contribution in [0.5, 0.6) is 17.2 Å². The number of rotatable bonds is 8. The Morgan fingerprint density at radius 3 is 2.41 bits per heavy atom. The van der Waals surface area contributed by atoms with Gasteiger partial charge in [0.25, 0.3) is 5.91 Å². The molecule has 0 N–H and O–H groups in total. The van der Waals surface area contributed by atoms with Crippen molar-refractivity contribution in [3.8, 4) is 17.2 Å². The van der Waals surface area contributed by atoms with Gasteiger partial charge in [0, 0.05) is 20.0 Å². The van der Waals surface area contributed by atoms with E-state index in [0.29, 0.717) is 37.7 Å². The molecule has 0 atom stereocenters. The molecule has 0 saturated heterocycles. The third-order valence-corrected chi connectivity index (χ3v) is 4.59. The number of esters is 1. The maximum Gasteiger partial charge on any atom is 0.306 e. The fourth-order valence-electron chi connectivity index (χ4n) is 2.91. The summed E-state index contributed by atoms with van der Waals surface area (Å²) >= 11 is 0. The van der Waals surface area contributed by atoms with Crippen LogP contribution in [0.25, 0.3) is 0 Å². The Hall–Kier alpha value is -3.22. The van der Waals surface area contributed by atoms with Crippen LogP contribution in [0.15, 0.2) is 42.5 Å². The second-order valence-corrected chi connectivity index (χ2v) is 6.74. The van der Waals surface area contributed by atoms with E-state index < -0.39 is 5.97 Å². The van der Waals surface area contributed by atoms with E-state index in [1.165, 1.54) is 4.90 Å². The average molecular weight is 399 g/mol. The number of ether oxygens (including phenoxy) is 4. The number of carbonyl (C=O) groups excluding carboxylic acids is 2. The number of fused-ring (bicyclic) bond motifs is 1. The lowest BCUT2D eigenvalue weighted by molar-refractivity contribution is -0.151. The van der Waals surface area contributed by atoms with Gasteiger partial charge in [-0.05, 0) is 41.8 Å². The summed E-state index contributed by atoms with van der Waals surface area (Å²) in [5.41, 5.74) is 1.92. The van der Waals surface area contributed by atoms with Gasteiger partial charge in [0.05, 0.1) is 7.11 Å². The molecule has 0 aromatic heterocycles. The summed E-state index contributed by atoms with van der Waals surface area (Å²) < 4.78 is 21.3. The average Bonchev–Trinajstić information content (AvgIpc) is 2.76. The molecule has 154 valence electrons. The number of nitrogens with zero attached hydrogens (tertiary/aromatic N) is 1. The number of hydrogen-bond acceptors (Lipinski definition) is 6. The highest BCUT2D eigenvalue weighted by atomic mass is 16.6. The van der Waals surface area contributed by atoms with E-state index in [9.17, 15) is 9.59 Å².